The van der Waals surface area contributed by atoms with E-state index in [0.717, 1.165) is 16.9 Å². The summed E-state index contributed by atoms with van der Waals surface area (Å²) < 4.78 is 65.3. The molecule has 0 aliphatic rings. The number of nitrogens with zero attached hydrogens (tertiary/aromatic N) is 2. The van der Waals surface area contributed by atoms with Gasteiger partial charge in [0, 0.05) is 35.6 Å². The van der Waals surface area contributed by atoms with E-state index in [1.54, 1.807) is 47.0 Å². The van der Waals surface area contributed by atoms with Crippen LogP contribution in [-0.4, -0.2) is 73.3 Å². The van der Waals surface area contributed by atoms with Crippen LogP contribution in [0.15, 0.2) is 48.8 Å². The van der Waals surface area contributed by atoms with Crippen molar-refractivity contribution in [1.82, 2.24) is 14.7 Å². The lowest BCUT2D eigenvalue weighted by Crippen LogP contribution is -2.25. The number of amidine groups is 1. The molecule has 7 N–H and O–H groups in total. The van der Waals surface area contributed by atoms with Crippen LogP contribution in [0.2, 0.25) is 0 Å². The van der Waals surface area contributed by atoms with Crippen molar-refractivity contribution in [2.75, 3.05) is 6.54 Å². The third-order valence-corrected chi connectivity index (χ3v) is 4.31. The van der Waals surface area contributed by atoms with Gasteiger partial charge >= 0.3 is 30.3 Å². The highest BCUT2D eigenvalue weighted by Crippen LogP contribution is 2.20. The highest BCUT2D eigenvalue weighted by atomic mass is 19.4. The summed E-state index contributed by atoms with van der Waals surface area (Å²) in [5.41, 5.74) is 8.83. The van der Waals surface area contributed by atoms with Gasteiger partial charge in [0.2, 0.25) is 0 Å². The fraction of sp³-hybridized carbons (Fsp3) is 0.182. The second-order valence-electron chi connectivity index (χ2n) is 7.31. The number of hydrogen-bond donors (Lipinski definition) is 6. The summed E-state index contributed by atoms with van der Waals surface area (Å²) in [7, 11) is 0. The van der Waals surface area contributed by atoms with Crippen molar-refractivity contribution >= 4 is 35.3 Å². The number of fused-ring (bicyclic) bond motifs is 1. The van der Waals surface area contributed by atoms with Crippen LogP contribution >= 0.6 is 0 Å². The summed E-state index contributed by atoms with van der Waals surface area (Å²) in [5.74, 6) is -6.81. The summed E-state index contributed by atoms with van der Waals surface area (Å²) in [5, 5.41) is 32.9. The third kappa shape index (κ3) is 10.7. The monoisotopic (exact) mass is 579 g/mol. The van der Waals surface area contributed by atoms with Gasteiger partial charge in [0.1, 0.15) is 11.5 Å². The van der Waals surface area contributed by atoms with Crippen molar-refractivity contribution < 1.29 is 60.8 Å². The number of rotatable bonds is 6. The highest BCUT2D eigenvalue weighted by molar-refractivity contribution is 5.95. The fourth-order valence-corrected chi connectivity index (χ4v) is 2.47. The Morgan fingerprint density at radius 2 is 1.32 bits per heavy atom. The Bertz CT molecular complexity index is 1360. The smallest absolute Gasteiger partial charge is 0.481 e. The topological polar surface area (TPSA) is 208 Å². The van der Waals surface area contributed by atoms with Gasteiger partial charge in [-0.2, -0.15) is 26.3 Å². The fourth-order valence-electron chi connectivity index (χ4n) is 2.47. The normalized spacial score (nSPS) is 10.8. The molecule has 216 valence electrons. The number of nitrogens with one attached hydrogen (secondary N) is 2. The van der Waals surface area contributed by atoms with Gasteiger partial charge in [0.25, 0.3) is 5.91 Å². The zero-order chi connectivity index (χ0) is 30.8. The molecular weight excluding hydrogens is 560 g/mol. The van der Waals surface area contributed by atoms with Crippen LogP contribution in [0, 0.1) is 5.41 Å². The molecule has 0 aliphatic heterocycles. The molecule has 40 heavy (non-hydrogen) atoms. The molecular formula is C22H19F6N5O7. The number of hydrogen-bond acceptors (Lipinski definition) is 6. The number of nitrogens with two attached hydrogens (primary N) is 1. The van der Waals surface area contributed by atoms with Crippen LogP contribution in [0.5, 0.6) is 0 Å². The maximum absolute atomic E-state index is 12.0. The van der Waals surface area contributed by atoms with Crippen molar-refractivity contribution in [3.8, 4) is 11.3 Å². The van der Waals surface area contributed by atoms with Crippen LogP contribution in [0.25, 0.3) is 16.9 Å². The molecule has 1 amide bonds. The minimum Gasteiger partial charge on any atom is -0.481 e. The first-order valence-corrected chi connectivity index (χ1v) is 10.4. The van der Waals surface area contributed by atoms with Crippen molar-refractivity contribution in [1.29, 1.82) is 5.41 Å². The van der Waals surface area contributed by atoms with Crippen molar-refractivity contribution in [2.45, 2.75) is 18.8 Å². The molecule has 0 saturated heterocycles. The van der Waals surface area contributed by atoms with Crippen LogP contribution in [0.4, 0.5) is 26.3 Å². The van der Waals surface area contributed by atoms with Gasteiger partial charge in [0.05, 0.1) is 12.1 Å². The number of carboxylic acids is 3. The first-order valence-electron chi connectivity index (χ1n) is 10.4. The average Bonchev–Trinajstić information content (AvgIpc) is 3.27. The quantitative estimate of drug-likeness (QED) is 0.144. The number of carbonyl (C=O) groups excluding carboxylic acids is 1. The van der Waals surface area contributed by atoms with E-state index in [0.29, 0.717) is 11.1 Å². The molecule has 0 unspecified atom stereocenters. The number of aromatic nitrogens is 2. The summed E-state index contributed by atoms with van der Waals surface area (Å²) in [6, 6.07) is 10.4. The Kier molecular flexibility index (Phi) is 11.2. The van der Waals surface area contributed by atoms with Gasteiger partial charge < -0.3 is 30.8 Å². The van der Waals surface area contributed by atoms with Crippen LogP contribution in [-0.2, 0) is 14.4 Å². The Morgan fingerprint density at radius 3 is 1.75 bits per heavy atom. The van der Waals surface area contributed by atoms with Crippen LogP contribution in [0.1, 0.15) is 22.3 Å². The minimum absolute atomic E-state index is 0.0135. The molecule has 3 rings (SSSR count). The standard InChI is InChI=1S/C18H17N5O3.2C2HF3O2/c19-17(20)13-5-6-15-22-14(10-23(15)9-13)11-1-3-12(4-2-11)18(26)21-8-7-16(24)25;2*3-2(4,5)1(6)7/h1-6,9-10H,7-8H2,(H3,19,20)(H,21,26)(H,24,25);2*(H,6,7). The molecule has 0 spiro atoms. The predicted molar refractivity (Wildman–Crippen MR) is 124 cm³/mol. The average molecular weight is 579 g/mol. The summed E-state index contributed by atoms with van der Waals surface area (Å²) in [6.45, 7) is 0.0842. The van der Waals surface area contributed by atoms with Crippen molar-refractivity contribution in [3.63, 3.8) is 0 Å². The Balaban J connectivity index is 0.000000473. The Morgan fingerprint density at radius 1 is 0.850 bits per heavy atom. The van der Waals surface area contributed by atoms with E-state index < -0.39 is 30.3 Å². The molecule has 2 heterocycles. The first kappa shape index (κ1) is 32.9. The number of alkyl halides is 6. The molecule has 0 atom stereocenters. The summed E-state index contributed by atoms with van der Waals surface area (Å²) in [4.78, 5) is 44.7. The second-order valence-corrected chi connectivity index (χ2v) is 7.31. The van der Waals surface area contributed by atoms with Crippen molar-refractivity contribution in [2.24, 2.45) is 5.73 Å². The number of carbonyl (C=O) groups is 4. The van der Waals surface area contributed by atoms with E-state index in [1.165, 1.54) is 0 Å². The van der Waals surface area contributed by atoms with Gasteiger partial charge in [-0.05, 0) is 24.3 Å². The molecule has 18 heteroatoms. The molecule has 0 radical (unpaired) electrons. The van der Waals surface area contributed by atoms with Gasteiger partial charge in [-0.3, -0.25) is 15.0 Å². The predicted octanol–water partition coefficient (Wildman–Crippen LogP) is 2.76. The van der Waals surface area contributed by atoms with E-state index in [-0.39, 0.29) is 24.7 Å². The van der Waals surface area contributed by atoms with E-state index in [2.05, 4.69) is 10.3 Å². The molecule has 1 aromatic carbocycles. The first-order chi connectivity index (χ1) is 18.3. The van der Waals surface area contributed by atoms with Gasteiger partial charge in [-0.1, -0.05) is 12.1 Å². The number of imidazole rings is 1. The van der Waals surface area contributed by atoms with Gasteiger partial charge in [0.15, 0.2) is 0 Å². The number of aliphatic carboxylic acids is 3. The SMILES string of the molecule is N=C(N)c1ccc2nc(-c3ccc(C(=O)NCCC(=O)O)cc3)cn2c1.O=C(O)C(F)(F)F.O=C(O)C(F)(F)F. The lowest BCUT2D eigenvalue weighted by Gasteiger charge is -2.04. The number of nitrogen functional groups attached to an aromatic ring is 1. The molecule has 0 fully saturated rings. The molecule has 12 nitrogen and oxygen atoms in total. The van der Waals surface area contributed by atoms with Gasteiger partial charge in [-0.15, -0.1) is 0 Å². The Hall–Kier alpha value is -5.16. The minimum atomic E-state index is -5.08. The number of benzene rings is 1. The van der Waals surface area contributed by atoms with E-state index in [1.807, 2.05) is 6.20 Å². The lowest BCUT2D eigenvalue weighted by molar-refractivity contribution is -0.193. The molecule has 0 bridgehead atoms. The lowest BCUT2D eigenvalue weighted by atomic mass is 10.1. The zero-order valence-electron chi connectivity index (χ0n) is 19.7. The van der Waals surface area contributed by atoms with Crippen molar-refractivity contribution in [3.05, 3.63) is 59.9 Å². The maximum atomic E-state index is 12.0. The van der Waals surface area contributed by atoms with E-state index in [9.17, 15) is 35.9 Å². The second kappa shape index (κ2) is 13.6. The number of pyridine rings is 1. The zero-order valence-corrected chi connectivity index (χ0v) is 19.7. The van der Waals surface area contributed by atoms with Crippen LogP contribution in [0.3, 0.4) is 0 Å². The molecule has 0 aliphatic carbocycles. The number of halogens is 6. The Labute approximate surface area is 219 Å². The maximum Gasteiger partial charge on any atom is 0.490 e. The highest BCUT2D eigenvalue weighted by Gasteiger charge is 2.38. The molecule has 2 aromatic heterocycles. The van der Waals surface area contributed by atoms with Crippen LogP contribution < -0.4 is 11.1 Å². The largest absolute Gasteiger partial charge is 0.490 e. The third-order valence-electron chi connectivity index (χ3n) is 4.31. The molecule has 0 saturated carbocycles. The number of amides is 1. The molecule has 3 aromatic rings. The van der Waals surface area contributed by atoms with Gasteiger partial charge in [-0.25, -0.2) is 14.6 Å². The van der Waals surface area contributed by atoms with E-state index >= 15 is 0 Å². The summed E-state index contributed by atoms with van der Waals surface area (Å²) in [6.07, 6.45) is -6.73. The number of carboxylic acid groups (broad SMARTS) is 3. The van der Waals surface area contributed by atoms with E-state index in [4.69, 9.17) is 36.1 Å². The summed E-state index contributed by atoms with van der Waals surface area (Å²) >= 11 is 0.